The van der Waals surface area contributed by atoms with E-state index in [1.807, 2.05) is 24.3 Å². The van der Waals surface area contributed by atoms with E-state index >= 15 is 0 Å². The van der Waals surface area contributed by atoms with Gasteiger partial charge in [-0.15, -0.1) is 0 Å². The van der Waals surface area contributed by atoms with E-state index in [-0.39, 0.29) is 22.9 Å². The van der Waals surface area contributed by atoms with Crippen molar-refractivity contribution >= 4 is 40.9 Å². The van der Waals surface area contributed by atoms with E-state index < -0.39 is 40.9 Å². The SMILES string of the molecule is CC1CC2CC1CN2C1CCN(C(=O)[C@@H](Cc2cc(Cl)c(N)c(C(F)(F)F)c2)OC(=O)N2CCC3(CC2)CC(=O)Nc2ccccc23)CC1. The zero-order chi connectivity index (χ0) is 34.7. The summed E-state index contributed by atoms with van der Waals surface area (Å²) in [4.78, 5) is 46.1. The number of halogens is 4. The van der Waals surface area contributed by atoms with Crippen LogP contribution in [0.3, 0.4) is 0 Å². The quantitative estimate of drug-likeness (QED) is 0.366. The van der Waals surface area contributed by atoms with Gasteiger partial charge in [-0.25, -0.2) is 4.79 Å². The van der Waals surface area contributed by atoms with Gasteiger partial charge in [-0.05, 0) is 79.7 Å². The van der Waals surface area contributed by atoms with Crippen molar-refractivity contribution in [2.45, 2.75) is 88.1 Å². The molecule has 5 aliphatic rings. The number of nitrogens with one attached hydrogen (secondary N) is 1. The first kappa shape index (κ1) is 34.0. The summed E-state index contributed by atoms with van der Waals surface area (Å²) in [5.74, 6) is 0.977. The molecule has 2 aromatic carbocycles. The molecule has 3 N–H and O–H groups in total. The summed E-state index contributed by atoms with van der Waals surface area (Å²) in [5.41, 5.74) is 5.47. The van der Waals surface area contributed by atoms with Crippen LogP contribution in [-0.4, -0.2) is 83.5 Å². The summed E-state index contributed by atoms with van der Waals surface area (Å²) in [6, 6.07) is 10.8. The number of piperidine rings is 3. The van der Waals surface area contributed by atoms with E-state index in [9.17, 15) is 27.6 Å². The number of ether oxygens (including phenoxy) is 1. The van der Waals surface area contributed by atoms with E-state index in [1.54, 1.807) is 4.90 Å². The Morgan fingerprint density at radius 3 is 2.43 bits per heavy atom. The number of para-hydroxylation sites is 1. The molecular formula is C36H43ClF3N5O4. The molecule has 1 aliphatic carbocycles. The third-order valence-electron chi connectivity index (χ3n) is 11.9. The van der Waals surface area contributed by atoms with E-state index in [0.717, 1.165) is 48.5 Å². The summed E-state index contributed by atoms with van der Waals surface area (Å²) in [6.07, 6.45) is -1.72. The Morgan fingerprint density at radius 1 is 1.06 bits per heavy atom. The smallest absolute Gasteiger partial charge is 0.418 e. The Morgan fingerprint density at radius 2 is 1.78 bits per heavy atom. The highest BCUT2D eigenvalue weighted by molar-refractivity contribution is 6.33. The number of fused-ring (bicyclic) bond motifs is 4. The minimum atomic E-state index is -4.76. The van der Waals surface area contributed by atoms with Crippen molar-refractivity contribution in [2.75, 3.05) is 43.8 Å². The number of alkyl halides is 3. The third kappa shape index (κ3) is 6.58. The Hall–Kier alpha value is -3.51. The number of likely N-dealkylation sites (tertiary alicyclic amines) is 3. The molecule has 3 unspecified atom stereocenters. The second-order valence-electron chi connectivity index (χ2n) is 14.8. The highest BCUT2D eigenvalue weighted by Gasteiger charge is 2.47. The normalized spacial score (nSPS) is 26.1. The predicted molar refractivity (Wildman–Crippen MR) is 179 cm³/mol. The van der Waals surface area contributed by atoms with Crippen molar-refractivity contribution in [1.29, 1.82) is 0 Å². The van der Waals surface area contributed by atoms with Gasteiger partial charge in [0.15, 0.2) is 6.10 Å². The zero-order valence-corrected chi connectivity index (χ0v) is 28.4. The molecule has 4 atom stereocenters. The van der Waals surface area contributed by atoms with Gasteiger partial charge in [0.05, 0.1) is 16.3 Å². The van der Waals surface area contributed by atoms with Gasteiger partial charge in [0.1, 0.15) is 0 Å². The second-order valence-corrected chi connectivity index (χ2v) is 15.2. The maximum atomic E-state index is 14.1. The van der Waals surface area contributed by atoms with Crippen LogP contribution in [-0.2, 0) is 32.3 Å². The lowest BCUT2D eigenvalue weighted by atomic mass is 9.68. The number of benzene rings is 2. The summed E-state index contributed by atoms with van der Waals surface area (Å²) < 4.78 is 47.4. The highest BCUT2D eigenvalue weighted by atomic mass is 35.5. The van der Waals surface area contributed by atoms with Crippen LogP contribution in [0.15, 0.2) is 36.4 Å². The number of nitrogens with zero attached hydrogens (tertiary/aromatic N) is 3. The van der Waals surface area contributed by atoms with Crippen LogP contribution < -0.4 is 11.1 Å². The van der Waals surface area contributed by atoms with Crippen LogP contribution in [0.5, 0.6) is 0 Å². The molecule has 3 amide bonds. The highest BCUT2D eigenvalue weighted by Crippen LogP contribution is 2.46. The second kappa shape index (κ2) is 13.0. The molecule has 2 bridgehead atoms. The first-order valence-electron chi connectivity index (χ1n) is 17.4. The van der Waals surface area contributed by atoms with E-state index in [0.29, 0.717) is 57.5 Å². The molecule has 1 spiro atoms. The molecule has 4 fully saturated rings. The number of carbonyl (C=O) groups excluding carboxylic acids is 3. The summed E-state index contributed by atoms with van der Waals surface area (Å²) in [6.45, 7) is 4.98. The van der Waals surface area contributed by atoms with Crippen LogP contribution in [0.25, 0.3) is 0 Å². The molecule has 2 aromatic rings. The molecular weight excluding hydrogens is 659 g/mol. The fourth-order valence-electron chi connectivity index (χ4n) is 9.14. The fraction of sp³-hybridized carbons (Fsp3) is 0.583. The summed E-state index contributed by atoms with van der Waals surface area (Å²) >= 11 is 6.13. The maximum absolute atomic E-state index is 14.1. The molecule has 0 aromatic heterocycles. The molecule has 9 nitrogen and oxygen atoms in total. The Kier molecular flexibility index (Phi) is 9.00. The van der Waals surface area contributed by atoms with E-state index in [1.165, 1.54) is 23.8 Å². The molecule has 4 heterocycles. The summed E-state index contributed by atoms with van der Waals surface area (Å²) in [5, 5.41) is 2.65. The Labute approximate surface area is 289 Å². The van der Waals surface area contributed by atoms with Gasteiger partial charge in [-0.2, -0.15) is 13.2 Å². The zero-order valence-electron chi connectivity index (χ0n) is 27.6. The number of nitrogen functional groups attached to an aromatic ring is 1. The van der Waals surface area contributed by atoms with Crippen molar-refractivity contribution in [1.82, 2.24) is 14.7 Å². The van der Waals surface area contributed by atoms with Gasteiger partial charge in [-0.3, -0.25) is 14.5 Å². The Bertz CT molecular complexity index is 1620. The molecule has 13 heteroatoms. The number of nitrogens with two attached hydrogens (primary N) is 1. The van der Waals surface area contributed by atoms with Gasteiger partial charge in [-0.1, -0.05) is 36.7 Å². The summed E-state index contributed by atoms with van der Waals surface area (Å²) in [7, 11) is 0. The van der Waals surface area contributed by atoms with Crippen molar-refractivity contribution in [3.63, 3.8) is 0 Å². The van der Waals surface area contributed by atoms with Crippen molar-refractivity contribution in [3.05, 3.63) is 58.1 Å². The number of amides is 3. The van der Waals surface area contributed by atoms with Gasteiger partial charge in [0.25, 0.3) is 5.91 Å². The minimum absolute atomic E-state index is 0.0728. The molecule has 1 saturated carbocycles. The molecule has 7 rings (SSSR count). The van der Waals surface area contributed by atoms with Crippen LogP contribution in [0.4, 0.5) is 29.3 Å². The standard InChI is InChI=1S/C36H43ClF3N5O4/c1-21-14-25-18-23(21)20-45(25)24-6-10-43(11-7-24)33(47)30(17-22-15-27(36(38,39)40)32(41)28(37)16-22)49-34(48)44-12-8-35(9-13-44)19-31(46)42-29-5-3-2-4-26(29)35/h2-5,15-16,21,23-25,30H,6-14,17-20,41H2,1H3,(H,42,46)/t21?,23?,25?,30-/m1/s1. The van der Waals surface area contributed by atoms with Gasteiger partial charge in [0, 0.05) is 68.8 Å². The molecule has 264 valence electrons. The molecule has 4 aliphatic heterocycles. The topological polar surface area (TPSA) is 108 Å². The first-order valence-corrected chi connectivity index (χ1v) is 17.7. The fourth-order valence-corrected chi connectivity index (χ4v) is 9.39. The average molecular weight is 702 g/mol. The maximum Gasteiger partial charge on any atom is 0.418 e. The number of anilines is 2. The van der Waals surface area contributed by atoms with Gasteiger partial charge in [0.2, 0.25) is 5.91 Å². The molecule has 49 heavy (non-hydrogen) atoms. The lowest BCUT2D eigenvalue weighted by Crippen LogP contribution is -2.53. The number of rotatable bonds is 5. The molecule has 3 saturated heterocycles. The Balaban J connectivity index is 1.06. The monoisotopic (exact) mass is 701 g/mol. The minimum Gasteiger partial charge on any atom is -0.436 e. The van der Waals surface area contributed by atoms with Crippen LogP contribution in [0, 0.1) is 11.8 Å². The number of hydrogen-bond acceptors (Lipinski definition) is 6. The van der Waals surface area contributed by atoms with E-state index in [4.69, 9.17) is 22.1 Å². The largest absolute Gasteiger partial charge is 0.436 e. The lowest BCUT2D eigenvalue weighted by Gasteiger charge is -2.44. The van der Waals surface area contributed by atoms with Gasteiger partial charge < -0.3 is 25.6 Å². The van der Waals surface area contributed by atoms with Crippen molar-refractivity contribution in [2.24, 2.45) is 11.8 Å². The average Bonchev–Trinajstić information content (AvgIpc) is 3.65. The van der Waals surface area contributed by atoms with Gasteiger partial charge >= 0.3 is 12.3 Å². The first-order chi connectivity index (χ1) is 23.3. The number of carbonyl (C=O) groups is 3. The predicted octanol–water partition coefficient (Wildman–Crippen LogP) is 6.09. The number of hydrogen-bond donors (Lipinski definition) is 2. The van der Waals surface area contributed by atoms with Crippen LogP contribution in [0.2, 0.25) is 5.02 Å². The lowest BCUT2D eigenvalue weighted by molar-refractivity contribution is -0.142. The van der Waals surface area contributed by atoms with Crippen LogP contribution >= 0.6 is 11.6 Å². The van der Waals surface area contributed by atoms with Crippen molar-refractivity contribution in [3.8, 4) is 0 Å². The molecule has 0 radical (unpaired) electrons. The van der Waals surface area contributed by atoms with Crippen molar-refractivity contribution < 1.29 is 32.3 Å². The van der Waals surface area contributed by atoms with E-state index in [2.05, 4.69) is 17.1 Å². The van der Waals surface area contributed by atoms with Crippen LogP contribution in [0.1, 0.15) is 68.6 Å². The third-order valence-corrected chi connectivity index (χ3v) is 12.2.